The fraction of sp³-hybridized carbons (Fsp3) is 1.00. The molecule has 2 saturated carbocycles. The Morgan fingerprint density at radius 1 is 1.21 bits per heavy atom. The average molecular weight is 199 g/mol. The molecule has 0 aromatic rings. The van der Waals surface area contributed by atoms with Gasteiger partial charge in [0.25, 0.3) is 0 Å². The molecule has 0 heterocycles. The molecule has 0 spiro atoms. The Balaban J connectivity index is 1.91. The summed E-state index contributed by atoms with van der Waals surface area (Å²) in [5.41, 5.74) is -0.491. The maximum atomic E-state index is 9.19. The highest BCUT2D eigenvalue weighted by molar-refractivity contribution is 4.98. The summed E-state index contributed by atoms with van der Waals surface area (Å²) < 4.78 is 0. The van der Waals surface area contributed by atoms with Crippen LogP contribution in [0.1, 0.15) is 32.6 Å². The van der Waals surface area contributed by atoms with Crippen LogP contribution in [0.5, 0.6) is 0 Å². The number of rotatable bonds is 4. The fourth-order valence-electron chi connectivity index (χ4n) is 3.01. The number of hydrogen-bond acceptors (Lipinski definition) is 3. The highest BCUT2D eigenvalue weighted by Gasteiger charge is 2.41. The number of fused-ring (bicyclic) bond motifs is 2. The predicted molar refractivity (Wildman–Crippen MR) is 54.9 cm³/mol. The van der Waals surface area contributed by atoms with E-state index in [2.05, 4.69) is 5.32 Å². The van der Waals surface area contributed by atoms with E-state index in [0.717, 1.165) is 11.8 Å². The highest BCUT2D eigenvalue weighted by atomic mass is 16.3. The Hall–Kier alpha value is -0.120. The van der Waals surface area contributed by atoms with Gasteiger partial charge in [0.1, 0.15) is 0 Å². The first-order chi connectivity index (χ1) is 6.67. The number of hydrogen-bond donors (Lipinski definition) is 3. The summed E-state index contributed by atoms with van der Waals surface area (Å²) in [5.74, 6) is 1.69. The number of aliphatic hydroxyl groups is 2. The van der Waals surface area contributed by atoms with Gasteiger partial charge in [0.15, 0.2) is 0 Å². The quantitative estimate of drug-likeness (QED) is 0.618. The largest absolute Gasteiger partial charge is 0.394 e. The van der Waals surface area contributed by atoms with E-state index in [0.29, 0.717) is 6.04 Å². The molecule has 0 saturated heterocycles. The van der Waals surface area contributed by atoms with Crippen LogP contribution >= 0.6 is 0 Å². The molecule has 3 unspecified atom stereocenters. The Morgan fingerprint density at radius 3 is 2.36 bits per heavy atom. The van der Waals surface area contributed by atoms with Gasteiger partial charge in [-0.1, -0.05) is 6.42 Å². The maximum absolute atomic E-state index is 9.19. The molecule has 0 aromatic carbocycles. The van der Waals surface area contributed by atoms with E-state index in [9.17, 15) is 10.2 Å². The SMILES string of the molecule is CC(CO)(CO)NC1CC2CCC1C2. The monoisotopic (exact) mass is 199 g/mol. The Kier molecular flexibility index (Phi) is 2.82. The van der Waals surface area contributed by atoms with Crippen LogP contribution in [-0.2, 0) is 0 Å². The summed E-state index contributed by atoms with van der Waals surface area (Å²) in [5, 5.41) is 21.8. The van der Waals surface area contributed by atoms with Gasteiger partial charge in [0, 0.05) is 6.04 Å². The van der Waals surface area contributed by atoms with Crippen molar-refractivity contribution in [2.45, 2.75) is 44.2 Å². The van der Waals surface area contributed by atoms with E-state index in [1.807, 2.05) is 6.92 Å². The molecule has 0 aliphatic heterocycles. The summed E-state index contributed by atoms with van der Waals surface area (Å²) in [6, 6.07) is 0.526. The van der Waals surface area contributed by atoms with E-state index in [4.69, 9.17) is 0 Å². The zero-order valence-electron chi connectivity index (χ0n) is 8.87. The second-order valence-electron chi connectivity index (χ2n) is 5.30. The van der Waals surface area contributed by atoms with Crippen LogP contribution in [0, 0.1) is 11.8 Å². The zero-order valence-corrected chi connectivity index (χ0v) is 8.87. The number of nitrogens with one attached hydrogen (secondary N) is 1. The second kappa shape index (κ2) is 3.80. The molecule has 2 fully saturated rings. The lowest BCUT2D eigenvalue weighted by molar-refractivity contribution is 0.0857. The van der Waals surface area contributed by atoms with E-state index >= 15 is 0 Å². The van der Waals surface area contributed by atoms with Gasteiger partial charge < -0.3 is 15.5 Å². The van der Waals surface area contributed by atoms with Crippen molar-refractivity contribution in [3.05, 3.63) is 0 Å². The molecule has 3 nitrogen and oxygen atoms in total. The van der Waals surface area contributed by atoms with Crippen LogP contribution in [0.4, 0.5) is 0 Å². The van der Waals surface area contributed by atoms with Crippen molar-refractivity contribution < 1.29 is 10.2 Å². The smallest absolute Gasteiger partial charge is 0.0633 e. The van der Waals surface area contributed by atoms with Crippen molar-refractivity contribution in [2.24, 2.45) is 11.8 Å². The van der Waals surface area contributed by atoms with Crippen molar-refractivity contribution >= 4 is 0 Å². The molecule has 2 rings (SSSR count). The van der Waals surface area contributed by atoms with E-state index < -0.39 is 5.54 Å². The topological polar surface area (TPSA) is 52.5 Å². The predicted octanol–water partition coefficient (Wildman–Crippen LogP) is 0.508. The maximum Gasteiger partial charge on any atom is 0.0633 e. The van der Waals surface area contributed by atoms with E-state index in [-0.39, 0.29) is 13.2 Å². The van der Waals surface area contributed by atoms with Crippen LogP contribution < -0.4 is 5.32 Å². The molecule has 3 heteroatoms. The van der Waals surface area contributed by atoms with Crippen molar-refractivity contribution in [3.63, 3.8) is 0 Å². The third-order valence-electron chi connectivity index (χ3n) is 3.97. The molecule has 0 amide bonds. The van der Waals surface area contributed by atoms with E-state index in [1.54, 1.807) is 0 Å². The van der Waals surface area contributed by atoms with Gasteiger partial charge in [-0.3, -0.25) is 0 Å². The van der Waals surface area contributed by atoms with Crippen molar-refractivity contribution in [1.82, 2.24) is 5.32 Å². The summed E-state index contributed by atoms with van der Waals surface area (Å²) in [4.78, 5) is 0. The normalized spacial score (nSPS) is 36.6. The molecule has 14 heavy (non-hydrogen) atoms. The Labute approximate surface area is 85.5 Å². The molecule has 2 bridgehead atoms. The van der Waals surface area contributed by atoms with Gasteiger partial charge >= 0.3 is 0 Å². The first-order valence-electron chi connectivity index (χ1n) is 5.66. The Morgan fingerprint density at radius 2 is 1.93 bits per heavy atom. The lowest BCUT2D eigenvalue weighted by Gasteiger charge is -2.34. The summed E-state index contributed by atoms with van der Waals surface area (Å²) >= 11 is 0. The van der Waals surface area contributed by atoms with Crippen LogP contribution in [0.15, 0.2) is 0 Å². The van der Waals surface area contributed by atoms with Gasteiger partial charge in [-0.05, 0) is 38.0 Å². The molecule has 2 aliphatic rings. The Bertz CT molecular complexity index is 203. The van der Waals surface area contributed by atoms with Crippen molar-refractivity contribution in [3.8, 4) is 0 Å². The first-order valence-corrected chi connectivity index (χ1v) is 5.66. The molecule has 3 N–H and O–H groups in total. The molecule has 82 valence electrons. The standard InChI is InChI=1S/C11H21NO2/c1-11(6-13,7-14)12-10-5-8-2-3-9(10)4-8/h8-10,12-14H,2-7H2,1H3. The van der Waals surface area contributed by atoms with E-state index in [1.165, 1.54) is 25.7 Å². The molecular formula is C11H21NO2. The second-order valence-corrected chi connectivity index (χ2v) is 5.30. The third-order valence-corrected chi connectivity index (χ3v) is 3.97. The number of aliphatic hydroxyl groups excluding tert-OH is 2. The molecule has 0 radical (unpaired) electrons. The summed E-state index contributed by atoms with van der Waals surface area (Å²) in [7, 11) is 0. The minimum absolute atomic E-state index is 0.0113. The molecule has 3 atom stereocenters. The summed E-state index contributed by atoms with van der Waals surface area (Å²) in [6.07, 6.45) is 5.30. The minimum atomic E-state index is -0.491. The average Bonchev–Trinajstić information content (AvgIpc) is 2.79. The van der Waals surface area contributed by atoms with Crippen LogP contribution in [-0.4, -0.2) is 35.0 Å². The zero-order chi connectivity index (χ0) is 10.2. The van der Waals surface area contributed by atoms with Crippen molar-refractivity contribution in [2.75, 3.05) is 13.2 Å². The third kappa shape index (κ3) is 1.81. The molecule has 0 aromatic heterocycles. The summed E-state index contributed by atoms with van der Waals surface area (Å²) in [6.45, 7) is 1.91. The van der Waals surface area contributed by atoms with Gasteiger partial charge in [0.2, 0.25) is 0 Å². The minimum Gasteiger partial charge on any atom is -0.394 e. The van der Waals surface area contributed by atoms with Crippen LogP contribution in [0.3, 0.4) is 0 Å². The van der Waals surface area contributed by atoms with Gasteiger partial charge in [0.05, 0.1) is 18.8 Å². The van der Waals surface area contributed by atoms with Gasteiger partial charge in [-0.2, -0.15) is 0 Å². The lowest BCUT2D eigenvalue weighted by atomic mass is 9.92. The first kappa shape index (κ1) is 10.4. The molecular weight excluding hydrogens is 178 g/mol. The van der Waals surface area contributed by atoms with Crippen LogP contribution in [0.25, 0.3) is 0 Å². The lowest BCUT2D eigenvalue weighted by Crippen LogP contribution is -2.54. The fourth-order valence-corrected chi connectivity index (χ4v) is 3.01. The van der Waals surface area contributed by atoms with Gasteiger partial charge in [-0.15, -0.1) is 0 Å². The highest BCUT2D eigenvalue weighted by Crippen LogP contribution is 2.44. The van der Waals surface area contributed by atoms with Crippen molar-refractivity contribution in [1.29, 1.82) is 0 Å². The molecule has 2 aliphatic carbocycles. The van der Waals surface area contributed by atoms with Crippen LogP contribution in [0.2, 0.25) is 0 Å². The van der Waals surface area contributed by atoms with Gasteiger partial charge in [-0.25, -0.2) is 0 Å².